The minimum absolute atomic E-state index is 0.196. The topological polar surface area (TPSA) is 95.7 Å². The zero-order valence-electron chi connectivity index (χ0n) is 18.2. The number of alkyl carbamates (subject to hydrolysis) is 1. The third-order valence-corrected chi connectivity index (χ3v) is 4.87. The molecule has 154 valence electrons. The van der Waals surface area contributed by atoms with E-state index in [0.29, 0.717) is 11.5 Å². The predicted octanol–water partition coefficient (Wildman–Crippen LogP) is 3.51. The maximum atomic E-state index is 12.1. The molecule has 0 atom stereocenters. The molecule has 7 nitrogen and oxygen atoms in total. The molecule has 0 aromatic carbocycles. The molecule has 0 aliphatic carbocycles. The lowest BCUT2D eigenvalue weighted by atomic mass is 9.77. The van der Waals surface area contributed by atoms with Crippen molar-refractivity contribution in [2.24, 2.45) is 0 Å². The molecular weight excluding hydrogens is 357 g/mol. The molecule has 1 fully saturated rings. The van der Waals surface area contributed by atoms with Crippen LogP contribution in [0, 0.1) is 6.92 Å². The van der Waals surface area contributed by atoms with Crippen LogP contribution in [0.5, 0.6) is 0 Å². The van der Waals surface area contributed by atoms with Crippen LogP contribution in [-0.4, -0.2) is 41.5 Å². The summed E-state index contributed by atoms with van der Waals surface area (Å²) in [5.41, 5.74) is 6.66. The number of nitrogen functional groups attached to an aromatic ring is 1. The molecule has 2 heterocycles. The van der Waals surface area contributed by atoms with Crippen LogP contribution < -0.4 is 11.1 Å². The maximum Gasteiger partial charge on any atom is 0.492 e. The molecule has 1 aromatic rings. The van der Waals surface area contributed by atoms with Crippen LogP contribution in [0.3, 0.4) is 0 Å². The van der Waals surface area contributed by atoms with Gasteiger partial charge in [0.15, 0.2) is 0 Å². The van der Waals surface area contributed by atoms with Crippen LogP contribution in [0.15, 0.2) is 17.6 Å². The van der Waals surface area contributed by atoms with Crippen LogP contribution in [0.1, 0.15) is 59.7 Å². The minimum Gasteiger partial charge on any atom is -0.444 e. The first-order chi connectivity index (χ1) is 12.7. The van der Waals surface area contributed by atoms with E-state index in [-0.39, 0.29) is 6.54 Å². The van der Waals surface area contributed by atoms with Crippen LogP contribution in [0.4, 0.5) is 10.6 Å². The molecular formula is C20H32BN3O4. The first-order valence-corrected chi connectivity index (χ1v) is 9.46. The highest BCUT2D eigenvalue weighted by Gasteiger charge is 2.52. The highest BCUT2D eigenvalue weighted by molar-refractivity contribution is 6.56. The molecule has 8 heteroatoms. The Morgan fingerprint density at radius 2 is 1.82 bits per heavy atom. The Morgan fingerprint density at radius 1 is 1.25 bits per heavy atom. The van der Waals surface area contributed by atoms with Gasteiger partial charge in [0.25, 0.3) is 0 Å². The number of nitrogens with one attached hydrogen (secondary N) is 1. The van der Waals surface area contributed by atoms with Crippen molar-refractivity contribution in [1.29, 1.82) is 0 Å². The standard InChI is InChI=1S/C20H32BN3O4/c1-13-9-10-16(22)24-15(13)11-14(12-23-17(25)26-18(2,3)4)21-27-19(5,6)20(7,8)28-21/h9-11H,12H2,1-8H3,(H2,22,24)(H,23,25). The number of carbonyl (C=O) groups is 1. The summed E-state index contributed by atoms with van der Waals surface area (Å²) in [5, 5.41) is 2.78. The molecule has 1 aliphatic heterocycles. The van der Waals surface area contributed by atoms with Gasteiger partial charge in [-0.2, -0.15) is 0 Å². The van der Waals surface area contributed by atoms with Crippen LogP contribution in [-0.2, 0) is 14.0 Å². The summed E-state index contributed by atoms with van der Waals surface area (Å²) in [4.78, 5) is 16.5. The minimum atomic E-state index is -0.623. The van der Waals surface area contributed by atoms with Crippen molar-refractivity contribution in [1.82, 2.24) is 10.3 Å². The second kappa shape index (κ2) is 7.76. The quantitative estimate of drug-likeness (QED) is 0.765. The second-order valence-corrected chi connectivity index (χ2v) is 9.10. The molecule has 0 bridgehead atoms. The average molecular weight is 389 g/mol. The van der Waals surface area contributed by atoms with Gasteiger partial charge in [0, 0.05) is 6.54 Å². The van der Waals surface area contributed by atoms with E-state index in [1.807, 2.05) is 67.5 Å². The lowest BCUT2D eigenvalue weighted by molar-refractivity contribution is 0.00578. The van der Waals surface area contributed by atoms with Gasteiger partial charge in [0.1, 0.15) is 11.4 Å². The normalized spacial score (nSPS) is 18.9. The van der Waals surface area contributed by atoms with Gasteiger partial charge in [0.2, 0.25) is 0 Å². The Bertz CT molecular complexity index is 753. The fourth-order valence-electron chi connectivity index (χ4n) is 2.57. The van der Waals surface area contributed by atoms with Crippen molar-refractivity contribution >= 4 is 25.1 Å². The number of aromatic nitrogens is 1. The van der Waals surface area contributed by atoms with E-state index >= 15 is 0 Å². The number of aryl methyl sites for hydroxylation is 1. The highest BCUT2D eigenvalue weighted by Crippen LogP contribution is 2.38. The molecule has 1 amide bonds. The van der Waals surface area contributed by atoms with Crippen LogP contribution in [0.25, 0.3) is 6.08 Å². The Morgan fingerprint density at radius 3 is 2.36 bits per heavy atom. The van der Waals surface area contributed by atoms with Crippen molar-refractivity contribution in [3.05, 3.63) is 28.9 Å². The van der Waals surface area contributed by atoms with Gasteiger partial charge < -0.3 is 25.1 Å². The third kappa shape index (κ3) is 5.48. The number of ether oxygens (including phenoxy) is 1. The highest BCUT2D eigenvalue weighted by atomic mass is 16.7. The van der Waals surface area contributed by atoms with Crippen molar-refractivity contribution in [3.63, 3.8) is 0 Å². The van der Waals surface area contributed by atoms with Gasteiger partial charge in [-0.05, 0) is 78.6 Å². The summed E-state index contributed by atoms with van der Waals surface area (Å²) in [6.45, 7) is 15.5. The lowest BCUT2D eigenvalue weighted by Crippen LogP contribution is -2.41. The number of anilines is 1. The molecule has 0 unspecified atom stereocenters. The number of hydrogen-bond acceptors (Lipinski definition) is 6. The molecule has 1 saturated heterocycles. The predicted molar refractivity (Wildman–Crippen MR) is 112 cm³/mol. The number of amides is 1. The number of pyridine rings is 1. The van der Waals surface area contributed by atoms with Crippen molar-refractivity contribution < 1.29 is 18.8 Å². The third-order valence-electron chi connectivity index (χ3n) is 4.87. The maximum absolute atomic E-state index is 12.1. The van der Waals surface area contributed by atoms with Crippen molar-refractivity contribution in [2.75, 3.05) is 12.3 Å². The lowest BCUT2D eigenvalue weighted by Gasteiger charge is -2.32. The Kier molecular flexibility index (Phi) is 6.16. The summed E-state index contributed by atoms with van der Waals surface area (Å²) in [6, 6.07) is 3.65. The Labute approximate surface area is 168 Å². The first-order valence-electron chi connectivity index (χ1n) is 9.46. The number of rotatable bonds is 4. The molecule has 0 saturated carbocycles. The molecule has 1 aliphatic rings. The number of nitrogens with two attached hydrogens (primary N) is 1. The number of hydrogen-bond donors (Lipinski definition) is 2. The van der Waals surface area contributed by atoms with Gasteiger partial charge >= 0.3 is 13.2 Å². The van der Waals surface area contributed by atoms with E-state index in [2.05, 4.69) is 10.3 Å². The van der Waals surface area contributed by atoms with Crippen molar-refractivity contribution in [2.45, 2.75) is 72.2 Å². The summed E-state index contributed by atoms with van der Waals surface area (Å²) in [6.07, 6.45) is 1.35. The van der Waals surface area contributed by atoms with Gasteiger partial charge in [0.05, 0.1) is 16.9 Å². The molecule has 0 radical (unpaired) electrons. The number of nitrogens with zero attached hydrogens (tertiary/aromatic N) is 1. The second-order valence-electron chi connectivity index (χ2n) is 9.10. The fourth-order valence-corrected chi connectivity index (χ4v) is 2.57. The van der Waals surface area contributed by atoms with Gasteiger partial charge in [-0.25, -0.2) is 9.78 Å². The van der Waals surface area contributed by atoms with E-state index in [9.17, 15) is 4.79 Å². The van der Waals surface area contributed by atoms with Gasteiger partial charge in [-0.3, -0.25) is 0 Å². The molecule has 0 spiro atoms. The monoisotopic (exact) mass is 389 g/mol. The first kappa shape index (κ1) is 22.2. The van der Waals surface area contributed by atoms with E-state index < -0.39 is 30.0 Å². The van der Waals surface area contributed by atoms with E-state index in [0.717, 1.165) is 11.0 Å². The van der Waals surface area contributed by atoms with E-state index in [4.69, 9.17) is 19.8 Å². The zero-order valence-corrected chi connectivity index (χ0v) is 18.2. The van der Waals surface area contributed by atoms with Gasteiger partial charge in [-0.15, -0.1) is 0 Å². The molecule has 3 N–H and O–H groups in total. The Balaban J connectivity index is 2.30. The fraction of sp³-hybridized carbons (Fsp3) is 0.600. The van der Waals surface area contributed by atoms with Crippen molar-refractivity contribution in [3.8, 4) is 0 Å². The Hall–Kier alpha value is -2.06. The van der Waals surface area contributed by atoms with Crippen LogP contribution >= 0.6 is 0 Å². The summed E-state index contributed by atoms with van der Waals surface area (Å²) in [5.74, 6) is 0.421. The average Bonchev–Trinajstić information content (AvgIpc) is 2.73. The van der Waals surface area contributed by atoms with E-state index in [1.165, 1.54) is 0 Å². The summed E-state index contributed by atoms with van der Waals surface area (Å²) >= 11 is 0. The number of carbonyl (C=O) groups excluding carboxylic acids is 1. The summed E-state index contributed by atoms with van der Waals surface area (Å²) < 4.78 is 17.7. The summed E-state index contributed by atoms with van der Waals surface area (Å²) in [7, 11) is -0.623. The van der Waals surface area contributed by atoms with Gasteiger partial charge in [-0.1, -0.05) is 6.07 Å². The SMILES string of the molecule is Cc1ccc(N)nc1C=C(CNC(=O)OC(C)(C)C)B1OC(C)(C)C(C)(C)O1. The smallest absolute Gasteiger partial charge is 0.444 e. The zero-order chi connectivity index (χ0) is 21.3. The largest absolute Gasteiger partial charge is 0.492 e. The molecule has 28 heavy (non-hydrogen) atoms. The van der Waals surface area contributed by atoms with E-state index in [1.54, 1.807) is 6.07 Å². The molecule has 2 rings (SSSR count). The molecule has 1 aromatic heterocycles. The van der Waals surface area contributed by atoms with Crippen LogP contribution in [0.2, 0.25) is 0 Å².